The van der Waals surface area contributed by atoms with E-state index in [1.807, 2.05) is 0 Å². The van der Waals surface area contributed by atoms with E-state index in [-0.39, 0.29) is 0 Å². The van der Waals surface area contributed by atoms with Crippen LogP contribution in [0.2, 0.25) is 39.3 Å². The molecule has 0 spiro atoms. The molecule has 4 heteroatoms. The minimum absolute atomic E-state index is 1.13. The van der Waals surface area contributed by atoms with Gasteiger partial charge in [-0.1, -0.05) is 51.1 Å². The van der Waals surface area contributed by atoms with Crippen molar-refractivity contribution in [2.75, 3.05) is 12.5 Å². The van der Waals surface area contributed by atoms with Gasteiger partial charge in [0.05, 0.1) is 9.81 Å². The summed E-state index contributed by atoms with van der Waals surface area (Å²) in [5, 5.41) is 0. The molecule has 0 N–H and O–H groups in total. The molecule has 0 aromatic heterocycles. The molecule has 0 aliphatic rings. The lowest BCUT2D eigenvalue weighted by molar-refractivity contribution is 1.80. The van der Waals surface area contributed by atoms with E-state index in [4.69, 9.17) is 0 Å². The summed E-state index contributed by atoms with van der Waals surface area (Å²) in [5.41, 5.74) is 6.85. The summed E-state index contributed by atoms with van der Waals surface area (Å²) >= 11 is 3.43. The van der Waals surface area contributed by atoms with Crippen LogP contribution in [0.5, 0.6) is 0 Å². The van der Waals surface area contributed by atoms with Gasteiger partial charge < -0.3 is 0 Å². The average molecular weight is 313 g/mol. The van der Waals surface area contributed by atoms with Crippen LogP contribution in [0.1, 0.15) is 0 Å². The molecule has 18 heavy (non-hydrogen) atoms. The highest BCUT2D eigenvalue weighted by molar-refractivity contribution is 8.06. The summed E-state index contributed by atoms with van der Waals surface area (Å²) in [6.45, 7) is 13.6. The van der Waals surface area contributed by atoms with Crippen molar-refractivity contribution in [3.05, 3.63) is 9.81 Å². The first-order valence-electron chi connectivity index (χ1n) is 5.97. The molecule has 0 rings (SSSR count). The van der Waals surface area contributed by atoms with Crippen molar-refractivity contribution in [2.24, 2.45) is 0 Å². The lowest BCUT2D eigenvalue weighted by Crippen LogP contribution is -2.16. The first kappa shape index (κ1) is 18.0. The molecule has 0 aromatic carbocycles. The van der Waals surface area contributed by atoms with Crippen LogP contribution in [-0.4, -0.2) is 28.7 Å². The summed E-state index contributed by atoms with van der Waals surface area (Å²) in [6.07, 6.45) is 4.17. The molecule has 0 atom stereocenters. The molecular formula is C14H24S2Si2. The van der Waals surface area contributed by atoms with E-state index < -0.39 is 16.1 Å². The van der Waals surface area contributed by atoms with Crippen LogP contribution in [0.15, 0.2) is 9.81 Å². The smallest absolute Gasteiger partial charge is 0.126 e. The van der Waals surface area contributed by atoms with Gasteiger partial charge in [0.1, 0.15) is 16.1 Å². The normalized spacial score (nSPS) is 12.9. The van der Waals surface area contributed by atoms with Crippen LogP contribution in [0.4, 0.5) is 0 Å². The van der Waals surface area contributed by atoms with Gasteiger partial charge in [-0.15, -0.1) is 34.6 Å². The minimum Gasteiger partial charge on any atom is -0.126 e. The molecule has 0 amide bonds. The molecule has 0 nitrogen and oxygen atoms in total. The number of thioether (sulfide) groups is 2. The molecule has 0 heterocycles. The van der Waals surface area contributed by atoms with Gasteiger partial charge >= 0.3 is 0 Å². The van der Waals surface area contributed by atoms with Crippen LogP contribution < -0.4 is 0 Å². The molecule has 0 aliphatic carbocycles. The fourth-order valence-electron chi connectivity index (χ4n) is 0.890. The monoisotopic (exact) mass is 312 g/mol. The summed E-state index contributed by atoms with van der Waals surface area (Å²) < 4.78 is 0. The van der Waals surface area contributed by atoms with Crippen molar-refractivity contribution in [1.29, 1.82) is 0 Å². The second-order valence-corrected chi connectivity index (χ2v) is 17.2. The lowest BCUT2D eigenvalue weighted by Gasteiger charge is -2.06. The zero-order chi connectivity index (χ0) is 14.4. The third kappa shape index (κ3) is 8.99. The van der Waals surface area contributed by atoms with E-state index in [0.717, 1.165) is 9.81 Å². The predicted molar refractivity (Wildman–Crippen MR) is 96.3 cm³/mol. The third-order valence-corrected chi connectivity index (χ3v) is 5.02. The molecule has 0 unspecified atom stereocenters. The zero-order valence-corrected chi connectivity index (χ0v) is 16.4. The van der Waals surface area contributed by atoms with Crippen molar-refractivity contribution in [3.63, 3.8) is 0 Å². The zero-order valence-electron chi connectivity index (χ0n) is 12.8. The molecular weight excluding hydrogens is 288 g/mol. The molecule has 0 aliphatic heterocycles. The fraction of sp³-hybridized carbons (Fsp3) is 0.571. The van der Waals surface area contributed by atoms with Crippen molar-refractivity contribution >= 4 is 39.7 Å². The fourth-order valence-corrected chi connectivity index (χ4v) is 3.35. The number of allylic oxidation sites excluding steroid dienone is 2. The molecule has 0 bridgehead atoms. The van der Waals surface area contributed by atoms with Gasteiger partial charge in [0.25, 0.3) is 0 Å². The van der Waals surface area contributed by atoms with Crippen LogP contribution >= 0.6 is 23.5 Å². The van der Waals surface area contributed by atoms with Crippen LogP contribution in [0.25, 0.3) is 0 Å². The molecule has 0 aromatic rings. The molecule has 0 saturated carbocycles. The van der Waals surface area contributed by atoms with Gasteiger partial charge in [-0.25, -0.2) is 0 Å². The van der Waals surface area contributed by atoms with E-state index >= 15 is 0 Å². The first-order chi connectivity index (χ1) is 8.09. The van der Waals surface area contributed by atoms with Gasteiger partial charge in [0.2, 0.25) is 0 Å². The summed E-state index contributed by atoms with van der Waals surface area (Å²) in [5.74, 6) is 6.69. The quantitative estimate of drug-likeness (QED) is 0.536. The number of rotatable bonds is 2. The predicted octanol–water partition coefficient (Wildman–Crippen LogP) is 4.69. The lowest BCUT2D eigenvalue weighted by atomic mass is 10.5. The van der Waals surface area contributed by atoms with Gasteiger partial charge in [0, 0.05) is 0 Å². The summed E-state index contributed by atoms with van der Waals surface area (Å²) in [4.78, 5) is 2.27. The molecule has 0 fully saturated rings. The Labute approximate surface area is 124 Å². The van der Waals surface area contributed by atoms with E-state index in [0.29, 0.717) is 0 Å². The highest BCUT2D eigenvalue weighted by Crippen LogP contribution is 2.23. The van der Waals surface area contributed by atoms with Gasteiger partial charge in [-0.05, 0) is 12.5 Å². The van der Waals surface area contributed by atoms with Gasteiger partial charge in [0.15, 0.2) is 0 Å². The Kier molecular flexibility index (Phi) is 7.55. The van der Waals surface area contributed by atoms with Crippen molar-refractivity contribution in [3.8, 4) is 22.9 Å². The SMILES string of the molecule is CS/C(C#C[Si](C)(C)C)=C(\C#C[Si](C)(C)C)SC. The Bertz CT molecular complexity index is 387. The maximum Gasteiger partial charge on any atom is 0.129 e. The number of hydrogen-bond donors (Lipinski definition) is 0. The largest absolute Gasteiger partial charge is 0.129 e. The summed E-state index contributed by atoms with van der Waals surface area (Å²) in [7, 11) is -2.62. The first-order valence-corrected chi connectivity index (χ1v) is 15.4. The van der Waals surface area contributed by atoms with Crippen LogP contribution in [-0.2, 0) is 0 Å². The van der Waals surface area contributed by atoms with Crippen LogP contribution in [0, 0.1) is 22.9 Å². The van der Waals surface area contributed by atoms with Crippen LogP contribution in [0.3, 0.4) is 0 Å². The standard InChI is InChI=1S/C14H24S2Si2/c1-15-13(9-11-17(3,4)5)14(16-2)10-12-18(6,7)8/h1-8H3/b14-13+. The van der Waals surface area contributed by atoms with Gasteiger partial charge in [-0.2, -0.15) is 0 Å². The van der Waals surface area contributed by atoms with Crippen molar-refractivity contribution < 1.29 is 0 Å². The van der Waals surface area contributed by atoms with E-state index in [1.54, 1.807) is 23.5 Å². The Morgan fingerprint density at radius 1 is 0.667 bits per heavy atom. The highest BCUT2D eigenvalue weighted by Gasteiger charge is 2.10. The highest BCUT2D eigenvalue weighted by atomic mass is 32.2. The molecule has 0 saturated heterocycles. The average Bonchev–Trinajstić information content (AvgIpc) is 2.20. The maximum atomic E-state index is 3.43. The van der Waals surface area contributed by atoms with E-state index in [1.165, 1.54) is 0 Å². The molecule has 0 radical (unpaired) electrons. The Balaban J connectivity index is 5.42. The molecule has 100 valence electrons. The third-order valence-electron chi connectivity index (χ3n) is 1.72. The van der Waals surface area contributed by atoms with Gasteiger partial charge in [-0.3, -0.25) is 0 Å². The Hall–Kier alpha value is -0.00623. The minimum atomic E-state index is -1.31. The van der Waals surface area contributed by atoms with E-state index in [9.17, 15) is 0 Å². The Morgan fingerprint density at radius 2 is 0.944 bits per heavy atom. The van der Waals surface area contributed by atoms with Crippen molar-refractivity contribution in [1.82, 2.24) is 0 Å². The van der Waals surface area contributed by atoms with E-state index in [2.05, 4.69) is 74.7 Å². The Morgan fingerprint density at radius 3 is 1.11 bits per heavy atom. The second-order valence-electron chi connectivity index (χ2n) is 6.07. The van der Waals surface area contributed by atoms with Crippen molar-refractivity contribution in [2.45, 2.75) is 39.3 Å². The summed E-state index contributed by atoms with van der Waals surface area (Å²) in [6, 6.07) is 0. The second kappa shape index (κ2) is 7.55. The maximum absolute atomic E-state index is 3.43. The number of hydrogen-bond acceptors (Lipinski definition) is 2. The topological polar surface area (TPSA) is 0 Å².